The number of hydrogen-bond acceptors (Lipinski definition) is 4. The molecular weight excluding hydrogens is 314 g/mol. The fourth-order valence-electron chi connectivity index (χ4n) is 1.85. The van der Waals surface area contributed by atoms with Gasteiger partial charge in [0, 0.05) is 31.3 Å². The van der Waals surface area contributed by atoms with Gasteiger partial charge in [-0.15, -0.1) is 11.3 Å². The Morgan fingerprint density at radius 1 is 1.00 bits per heavy atom. The van der Waals surface area contributed by atoms with Crippen LogP contribution in [0.1, 0.15) is 23.0 Å². The third-order valence-corrected chi connectivity index (χ3v) is 3.74. The Balaban J connectivity index is 1.74. The lowest BCUT2D eigenvalue weighted by atomic mass is 10.2. The molecule has 1 aromatic heterocycles. The van der Waals surface area contributed by atoms with Gasteiger partial charge in [0.25, 0.3) is 5.91 Å². The summed E-state index contributed by atoms with van der Waals surface area (Å²) in [5.41, 5.74) is 1.30. The fraction of sp³-hybridized carbons (Fsp3) is 0.188. The van der Waals surface area contributed by atoms with Crippen LogP contribution in [0.3, 0.4) is 0 Å². The summed E-state index contributed by atoms with van der Waals surface area (Å²) in [6, 6.07) is 10.3. The first-order valence-corrected chi connectivity index (χ1v) is 7.92. The van der Waals surface area contributed by atoms with Crippen LogP contribution in [0.25, 0.3) is 0 Å². The quantitative estimate of drug-likeness (QED) is 0.760. The number of hydrogen-bond donors (Lipinski definition) is 3. The van der Waals surface area contributed by atoms with Gasteiger partial charge in [0.05, 0.1) is 4.88 Å². The summed E-state index contributed by atoms with van der Waals surface area (Å²) in [7, 11) is 0. The van der Waals surface area contributed by atoms with Gasteiger partial charge in [-0.2, -0.15) is 0 Å². The zero-order valence-electron chi connectivity index (χ0n) is 12.6. The number of carbonyl (C=O) groups is 3. The zero-order valence-corrected chi connectivity index (χ0v) is 13.4. The average Bonchev–Trinajstić information content (AvgIpc) is 3.03. The average molecular weight is 331 g/mol. The van der Waals surface area contributed by atoms with Gasteiger partial charge < -0.3 is 16.0 Å². The second kappa shape index (κ2) is 8.09. The zero-order chi connectivity index (χ0) is 16.7. The van der Waals surface area contributed by atoms with Crippen molar-refractivity contribution in [3.8, 4) is 0 Å². The SMILES string of the molecule is CC(=O)Nc1ccc(NC(=O)CCNC(=O)c2cccs2)cc1. The number of thiophene rings is 1. The topological polar surface area (TPSA) is 87.3 Å². The number of amides is 3. The van der Waals surface area contributed by atoms with Crippen LogP contribution in [0.5, 0.6) is 0 Å². The number of anilines is 2. The van der Waals surface area contributed by atoms with E-state index in [0.717, 1.165) is 0 Å². The van der Waals surface area contributed by atoms with Gasteiger partial charge in [0.2, 0.25) is 11.8 Å². The van der Waals surface area contributed by atoms with Crippen LogP contribution < -0.4 is 16.0 Å². The second-order valence-corrected chi connectivity index (χ2v) is 5.74. The Morgan fingerprint density at radius 2 is 1.65 bits per heavy atom. The summed E-state index contributed by atoms with van der Waals surface area (Å²) < 4.78 is 0. The van der Waals surface area contributed by atoms with Crippen LogP contribution in [-0.2, 0) is 9.59 Å². The maximum atomic E-state index is 11.8. The molecule has 0 spiro atoms. The van der Waals surface area contributed by atoms with E-state index in [0.29, 0.717) is 16.3 Å². The molecule has 0 saturated heterocycles. The third kappa shape index (κ3) is 5.55. The summed E-state index contributed by atoms with van der Waals surface area (Å²) in [5, 5.41) is 9.90. The van der Waals surface area contributed by atoms with Gasteiger partial charge in [-0.3, -0.25) is 14.4 Å². The molecule has 3 amide bonds. The van der Waals surface area contributed by atoms with E-state index < -0.39 is 0 Å². The van der Waals surface area contributed by atoms with Crippen molar-refractivity contribution < 1.29 is 14.4 Å². The van der Waals surface area contributed by atoms with E-state index in [2.05, 4.69) is 16.0 Å². The minimum Gasteiger partial charge on any atom is -0.351 e. The minimum atomic E-state index is -0.191. The third-order valence-electron chi connectivity index (χ3n) is 2.87. The Kier molecular flexibility index (Phi) is 5.87. The Hall–Kier alpha value is -2.67. The molecule has 6 nitrogen and oxygen atoms in total. The Labute approximate surface area is 137 Å². The first kappa shape index (κ1) is 16.7. The highest BCUT2D eigenvalue weighted by atomic mass is 32.1. The lowest BCUT2D eigenvalue weighted by Gasteiger charge is -2.07. The van der Waals surface area contributed by atoms with Crippen LogP contribution in [0, 0.1) is 0 Å². The number of benzene rings is 1. The molecule has 0 aliphatic heterocycles. The summed E-state index contributed by atoms with van der Waals surface area (Å²) >= 11 is 1.36. The standard InChI is InChI=1S/C16H17N3O3S/c1-11(20)18-12-4-6-13(7-5-12)19-15(21)8-9-17-16(22)14-3-2-10-23-14/h2-7,10H,8-9H2,1H3,(H,17,22)(H,18,20)(H,19,21). The second-order valence-electron chi connectivity index (χ2n) is 4.79. The number of rotatable bonds is 6. The van der Waals surface area contributed by atoms with E-state index in [-0.39, 0.29) is 30.7 Å². The van der Waals surface area contributed by atoms with Gasteiger partial charge in [0.15, 0.2) is 0 Å². The van der Waals surface area contributed by atoms with Crippen molar-refractivity contribution in [2.45, 2.75) is 13.3 Å². The van der Waals surface area contributed by atoms with E-state index in [9.17, 15) is 14.4 Å². The number of nitrogens with one attached hydrogen (secondary N) is 3. The molecule has 23 heavy (non-hydrogen) atoms. The van der Waals surface area contributed by atoms with Gasteiger partial charge in [-0.05, 0) is 35.7 Å². The number of carbonyl (C=O) groups excluding carboxylic acids is 3. The highest BCUT2D eigenvalue weighted by Gasteiger charge is 2.07. The molecule has 0 aliphatic carbocycles. The van der Waals surface area contributed by atoms with Crippen molar-refractivity contribution >= 4 is 40.4 Å². The van der Waals surface area contributed by atoms with Gasteiger partial charge in [-0.1, -0.05) is 6.07 Å². The van der Waals surface area contributed by atoms with Crippen LogP contribution in [-0.4, -0.2) is 24.3 Å². The molecule has 0 fully saturated rings. The van der Waals surface area contributed by atoms with Gasteiger partial charge >= 0.3 is 0 Å². The maximum Gasteiger partial charge on any atom is 0.261 e. The molecule has 0 bridgehead atoms. The van der Waals surface area contributed by atoms with Crippen molar-refractivity contribution in [2.24, 2.45) is 0 Å². The van der Waals surface area contributed by atoms with E-state index in [1.807, 2.05) is 5.38 Å². The molecule has 0 unspecified atom stereocenters. The van der Waals surface area contributed by atoms with Crippen molar-refractivity contribution in [2.75, 3.05) is 17.2 Å². The van der Waals surface area contributed by atoms with Gasteiger partial charge in [-0.25, -0.2) is 0 Å². The van der Waals surface area contributed by atoms with E-state index in [1.165, 1.54) is 18.3 Å². The molecule has 2 rings (SSSR count). The minimum absolute atomic E-state index is 0.150. The molecule has 1 heterocycles. The van der Waals surface area contributed by atoms with Crippen molar-refractivity contribution in [3.63, 3.8) is 0 Å². The van der Waals surface area contributed by atoms with Gasteiger partial charge in [0.1, 0.15) is 0 Å². The molecule has 2 aromatic rings. The normalized spacial score (nSPS) is 9.96. The van der Waals surface area contributed by atoms with Crippen LogP contribution in [0.2, 0.25) is 0 Å². The van der Waals surface area contributed by atoms with Crippen LogP contribution in [0.4, 0.5) is 11.4 Å². The maximum absolute atomic E-state index is 11.8. The van der Waals surface area contributed by atoms with Crippen molar-refractivity contribution in [1.82, 2.24) is 5.32 Å². The Morgan fingerprint density at radius 3 is 2.22 bits per heavy atom. The smallest absolute Gasteiger partial charge is 0.261 e. The lowest BCUT2D eigenvalue weighted by molar-refractivity contribution is -0.116. The largest absolute Gasteiger partial charge is 0.351 e. The van der Waals surface area contributed by atoms with Crippen molar-refractivity contribution in [3.05, 3.63) is 46.7 Å². The molecule has 1 aromatic carbocycles. The van der Waals surface area contributed by atoms with E-state index >= 15 is 0 Å². The predicted octanol–water partition coefficient (Wildman–Crippen LogP) is 2.47. The summed E-state index contributed by atoms with van der Waals surface area (Å²) in [6.07, 6.45) is 0.185. The fourth-order valence-corrected chi connectivity index (χ4v) is 2.49. The molecule has 0 radical (unpaired) electrons. The summed E-state index contributed by atoms with van der Waals surface area (Å²) in [6.45, 7) is 1.70. The predicted molar refractivity (Wildman–Crippen MR) is 90.6 cm³/mol. The first-order chi connectivity index (χ1) is 11.0. The molecule has 3 N–H and O–H groups in total. The highest BCUT2D eigenvalue weighted by Crippen LogP contribution is 2.13. The monoisotopic (exact) mass is 331 g/mol. The highest BCUT2D eigenvalue weighted by molar-refractivity contribution is 7.12. The van der Waals surface area contributed by atoms with Crippen molar-refractivity contribution in [1.29, 1.82) is 0 Å². The van der Waals surface area contributed by atoms with Crippen LogP contribution in [0.15, 0.2) is 41.8 Å². The summed E-state index contributed by atoms with van der Waals surface area (Å²) in [5.74, 6) is -0.514. The summed E-state index contributed by atoms with van der Waals surface area (Å²) in [4.78, 5) is 35.1. The molecule has 0 aliphatic rings. The molecule has 0 saturated carbocycles. The van der Waals surface area contributed by atoms with E-state index in [4.69, 9.17) is 0 Å². The molecule has 0 atom stereocenters. The van der Waals surface area contributed by atoms with Crippen LogP contribution >= 0.6 is 11.3 Å². The van der Waals surface area contributed by atoms with E-state index in [1.54, 1.807) is 36.4 Å². The lowest BCUT2D eigenvalue weighted by Crippen LogP contribution is -2.27. The Bertz CT molecular complexity index is 681. The molecule has 7 heteroatoms. The molecular formula is C16H17N3O3S. The first-order valence-electron chi connectivity index (χ1n) is 7.04. The molecule has 120 valence electrons.